The predicted molar refractivity (Wildman–Crippen MR) is 105 cm³/mol. The molecular formula is C19H15N3O3S. The number of nitro benzene ring substituents is 1. The summed E-state index contributed by atoms with van der Waals surface area (Å²) in [5.41, 5.74) is 1.14. The van der Waals surface area contributed by atoms with Crippen LogP contribution < -0.4 is 10.6 Å². The quantitative estimate of drug-likeness (QED) is 0.413. The van der Waals surface area contributed by atoms with E-state index in [2.05, 4.69) is 10.6 Å². The summed E-state index contributed by atoms with van der Waals surface area (Å²) < 4.78 is 0. The summed E-state index contributed by atoms with van der Waals surface area (Å²) in [4.78, 5) is 22.9. The summed E-state index contributed by atoms with van der Waals surface area (Å²) in [7, 11) is 0. The van der Waals surface area contributed by atoms with Gasteiger partial charge in [0.25, 0.3) is 11.6 Å². The van der Waals surface area contributed by atoms with Crippen LogP contribution in [0.5, 0.6) is 0 Å². The van der Waals surface area contributed by atoms with Gasteiger partial charge in [0.1, 0.15) is 0 Å². The van der Waals surface area contributed by atoms with Gasteiger partial charge in [-0.05, 0) is 48.1 Å². The van der Waals surface area contributed by atoms with Crippen molar-refractivity contribution in [2.75, 3.05) is 5.32 Å². The molecule has 0 atom stereocenters. The van der Waals surface area contributed by atoms with Gasteiger partial charge in [-0.3, -0.25) is 20.2 Å². The van der Waals surface area contributed by atoms with Crippen molar-refractivity contribution in [3.63, 3.8) is 0 Å². The molecule has 0 unspecified atom stereocenters. The van der Waals surface area contributed by atoms with Crippen molar-refractivity contribution in [2.45, 2.75) is 6.92 Å². The summed E-state index contributed by atoms with van der Waals surface area (Å²) >= 11 is 5.19. The van der Waals surface area contributed by atoms with E-state index >= 15 is 0 Å². The van der Waals surface area contributed by atoms with Crippen LogP contribution in [0, 0.1) is 17.0 Å². The van der Waals surface area contributed by atoms with Crippen molar-refractivity contribution in [3.8, 4) is 0 Å². The zero-order valence-corrected chi connectivity index (χ0v) is 14.7. The fourth-order valence-electron chi connectivity index (χ4n) is 2.67. The van der Waals surface area contributed by atoms with Crippen LogP contribution in [0.1, 0.15) is 15.9 Å². The first-order chi connectivity index (χ1) is 12.5. The number of carbonyl (C=O) groups excluding carboxylic acids is 1. The fraction of sp³-hybridized carbons (Fsp3) is 0.0526. The monoisotopic (exact) mass is 365 g/mol. The Labute approximate surface area is 155 Å². The molecule has 2 N–H and O–H groups in total. The number of nitrogens with zero attached hydrogens (tertiary/aromatic N) is 1. The maximum absolute atomic E-state index is 12.4. The van der Waals surface area contributed by atoms with Gasteiger partial charge < -0.3 is 5.32 Å². The molecule has 3 rings (SSSR count). The molecule has 0 aliphatic heterocycles. The number of rotatable bonds is 3. The van der Waals surface area contributed by atoms with Crippen LogP contribution >= 0.6 is 12.2 Å². The molecule has 3 aromatic rings. The molecule has 0 fully saturated rings. The lowest BCUT2D eigenvalue weighted by Crippen LogP contribution is -2.34. The third kappa shape index (κ3) is 3.68. The van der Waals surface area contributed by atoms with Crippen molar-refractivity contribution >= 4 is 45.4 Å². The van der Waals surface area contributed by atoms with Gasteiger partial charge >= 0.3 is 0 Å². The van der Waals surface area contributed by atoms with Gasteiger partial charge in [0, 0.05) is 22.9 Å². The molecule has 130 valence electrons. The van der Waals surface area contributed by atoms with E-state index in [-0.39, 0.29) is 16.4 Å². The Morgan fingerprint density at radius 2 is 1.77 bits per heavy atom. The number of hydrogen-bond donors (Lipinski definition) is 2. The molecule has 0 spiro atoms. The number of nitrogens with one attached hydrogen (secondary N) is 2. The van der Waals surface area contributed by atoms with Crippen molar-refractivity contribution in [1.82, 2.24) is 5.32 Å². The lowest BCUT2D eigenvalue weighted by Gasteiger charge is -2.11. The van der Waals surface area contributed by atoms with Crippen LogP contribution in [0.4, 0.5) is 11.4 Å². The molecule has 0 heterocycles. The number of thiocarbonyl (C=S) groups is 1. The van der Waals surface area contributed by atoms with E-state index < -0.39 is 10.8 Å². The first-order valence-corrected chi connectivity index (χ1v) is 8.21. The van der Waals surface area contributed by atoms with E-state index in [1.165, 1.54) is 25.1 Å². The Balaban J connectivity index is 1.74. The molecule has 0 bridgehead atoms. The van der Waals surface area contributed by atoms with Crippen molar-refractivity contribution in [1.29, 1.82) is 0 Å². The topological polar surface area (TPSA) is 84.3 Å². The molecule has 7 heteroatoms. The van der Waals surface area contributed by atoms with Crippen molar-refractivity contribution in [3.05, 3.63) is 81.9 Å². The van der Waals surface area contributed by atoms with Gasteiger partial charge in [-0.15, -0.1) is 0 Å². The molecule has 6 nitrogen and oxygen atoms in total. The number of anilines is 1. The number of fused-ring (bicyclic) bond motifs is 1. The van der Waals surface area contributed by atoms with Crippen LogP contribution in [0.15, 0.2) is 60.7 Å². The molecule has 3 aromatic carbocycles. The molecule has 0 radical (unpaired) electrons. The van der Waals surface area contributed by atoms with Gasteiger partial charge in [0.15, 0.2) is 5.11 Å². The second kappa shape index (κ2) is 7.28. The van der Waals surface area contributed by atoms with Crippen LogP contribution in [-0.4, -0.2) is 15.9 Å². The van der Waals surface area contributed by atoms with Crippen LogP contribution in [-0.2, 0) is 0 Å². The van der Waals surface area contributed by atoms with Crippen LogP contribution in [0.3, 0.4) is 0 Å². The van der Waals surface area contributed by atoms with Gasteiger partial charge in [-0.2, -0.15) is 0 Å². The molecule has 26 heavy (non-hydrogen) atoms. The smallest absolute Gasteiger partial charge is 0.273 e. The maximum atomic E-state index is 12.4. The van der Waals surface area contributed by atoms with Gasteiger partial charge in [0.05, 0.1) is 4.92 Å². The first-order valence-electron chi connectivity index (χ1n) is 7.81. The minimum atomic E-state index is -0.516. The number of amides is 1. The molecule has 0 aromatic heterocycles. The summed E-state index contributed by atoms with van der Waals surface area (Å²) in [6.07, 6.45) is 0. The minimum Gasteiger partial charge on any atom is -0.332 e. The molecule has 0 aliphatic carbocycles. The third-order valence-electron chi connectivity index (χ3n) is 3.98. The highest BCUT2D eigenvalue weighted by Gasteiger charge is 2.18. The standard InChI is InChI=1S/C19H15N3O3S/c1-12-16(7-4-8-17(12)22(24)25)18(23)21-19(26)20-15-10-9-13-5-2-3-6-14(13)11-15/h2-11H,1H3,(H2,20,21,23,26). The lowest BCUT2D eigenvalue weighted by molar-refractivity contribution is -0.385. The van der Waals surface area contributed by atoms with E-state index in [0.29, 0.717) is 5.56 Å². The van der Waals surface area contributed by atoms with Gasteiger partial charge in [0.2, 0.25) is 0 Å². The average Bonchev–Trinajstić information content (AvgIpc) is 2.61. The molecule has 0 saturated carbocycles. The Kier molecular flexibility index (Phi) is 4.90. The second-order valence-corrected chi connectivity index (χ2v) is 6.09. The van der Waals surface area contributed by atoms with Crippen molar-refractivity contribution < 1.29 is 9.72 Å². The number of carbonyl (C=O) groups is 1. The second-order valence-electron chi connectivity index (χ2n) is 5.68. The highest BCUT2D eigenvalue weighted by molar-refractivity contribution is 7.80. The van der Waals surface area contributed by atoms with E-state index in [4.69, 9.17) is 12.2 Å². The van der Waals surface area contributed by atoms with Gasteiger partial charge in [-0.25, -0.2) is 0 Å². The summed E-state index contributed by atoms with van der Waals surface area (Å²) in [5, 5.41) is 18.8. The van der Waals surface area contributed by atoms with Crippen LogP contribution in [0.2, 0.25) is 0 Å². The summed E-state index contributed by atoms with van der Waals surface area (Å²) in [6.45, 7) is 1.53. The molecular weight excluding hydrogens is 350 g/mol. The summed E-state index contributed by atoms with van der Waals surface area (Å²) in [6, 6.07) is 18.0. The van der Waals surface area contributed by atoms with Crippen molar-refractivity contribution in [2.24, 2.45) is 0 Å². The SMILES string of the molecule is Cc1c(C(=O)NC(=S)Nc2ccc3ccccc3c2)cccc1[N+](=O)[O-]. The Hall–Kier alpha value is -3.32. The fourth-order valence-corrected chi connectivity index (χ4v) is 2.88. The van der Waals surface area contributed by atoms with Crippen LogP contribution in [0.25, 0.3) is 10.8 Å². The number of nitro groups is 1. The van der Waals surface area contributed by atoms with E-state index in [9.17, 15) is 14.9 Å². The average molecular weight is 365 g/mol. The normalized spacial score (nSPS) is 10.3. The highest BCUT2D eigenvalue weighted by Crippen LogP contribution is 2.21. The highest BCUT2D eigenvalue weighted by atomic mass is 32.1. The molecule has 0 aliphatic rings. The molecule has 1 amide bonds. The predicted octanol–water partition coefficient (Wildman–Crippen LogP) is 4.18. The number of hydrogen-bond acceptors (Lipinski definition) is 4. The molecule has 0 saturated heterocycles. The van der Waals surface area contributed by atoms with E-state index in [0.717, 1.165) is 16.5 Å². The summed E-state index contributed by atoms with van der Waals surface area (Å²) in [5.74, 6) is -0.496. The third-order valence-corrected chi connectivity index (χ3v) is 4.19. The lowest BCUT2D eigenvalue weighted by atomic mass is 10.1. The first kappa shape index (κ1) is 17.5. The minimum absolute atomic E-state index is 0.106. The zero-order chi connectivity index (χ0) is 18.7. The number of benzene rings is 3. The van der Waals surface area contributed by atoms with Gasteiger partial charge in [-0.1, -0.05) is 36.4 Å². The largest absolute Gasteiger partial charge is 0.332 e. The van der Waals surface area contributed by atoms with E-state index in [1.54, 1.807) is 0 Å². The Bertz CT molecular complexity index is 1030. The Morgan fingerprint density at radius 1 is 1.04 bits per heavy atom. The van der Waals surface area contributed by atoms with E-state index in [1.807, 2.05) is 42.5 Å². The maximum Gasteiger partial charge on any atom is 0.273 e. The Morgan fingerprint density at radius 3 is 2.50 bits per heavy atom. The zero-order valence-electron chi connectivity index (χ0n) is 13.9.